The van der Waals surface area contributed by atoms with Gasteiger partial charge < -0.3 is 5.73 Å². The fourth-order valence-electron chi connectivity index (χ4n) is 3.00. The van der Waals surface area contributed by atoms with Crippen LogP contribution in [0.2, 0.25) is 0 Å². The number of piperidine rings is 1. The summed E-state index contributed by atoms with van der Waals surface area (Å²) in [6, 6.07) is 5.01. The highest BCUT2D eigenvalue weighted by Gasteiger charge is 2.34. The van der Waals surface area contributed by atoms with Crippen molar-refractivity contribution in [2.45, 2.75) is 55.9 Å². The molecule has 0 bridgehead atoms. The molecule has 0 aliphatic carbocycles. The van der Waals surface area contributed by atoms with Crippen LogP contribution in [-0.4, -0.2) is 31.9 Å². The molecule has 1 saturated heterocycles. The lowest BCUT2D eigenvalue weighted by Crippen LogP contribution is -2.43. The van der Waals surface area contributed by atoms with Crippen LogP contribution in [0.15, 0.2) is 29.2 Å². The third-order valence-electron chi connectivity index (χ3n) is 4.26. The Morgan fingerprint density at radius 3 is 2.74 bits per heavy atom. The number of hydrogen-bond acceptors (Lipinski definition) is 3. The summed E-state index contributed by atoms with van der Waals surface area (Å²) in [6.07, 6.45) is 4.03. The van der Waals surface area contributed by atoms with Gasteiger partial charge in [-0.1, -0.05) is 18.6 Å². The number of alkyl halides is 2. The first kappa shape index (κ1) is 18.3. The normalized spacial score (nSPS) is 20.6. The van der Waals surface area contributed by atoms with Crippen molar-refractivity contribution < 1.29 is 17.2 Å². The topological polar surface area (TPSA) is 63.4 Å². The Hall–Kier alpha value is -1.05. The van der Waals surface area contributed by atoms with Crippen LogP contribution in [0.25, 0.3) is 0 Å². The number of rotatable bonds is 6. The quantitative estimate of drug-likeness (QED) is 0.861. The van der Waals surface area contributed by atoms with Gasteiger partial charge >= 0.3 is 0 Å². The molecule has 0 amide bonds. The lowest BCUT2D eigenvalue weighted by Gasteiger charge is -2.35. The van der Waals surface area contributed by atoms with Gasteiger partial charge in [0.15, 0.2) is 0 Å². The van der Waals surface area contributed by atoms with Gasteiger partial charge in [0.1, 0.15) is 0 Å². The predicted octanol–water partition coefficient (Wildman–Crippen LogP) is 3.08. The first-order valence-electron chi connectivity index (χ1n) is 7.97. The summed E-state index contributed by atoms with van der Waals surface area (Å²) in [5.74, 6) is -3.06. The highest BCUT2D eigenvalue weighted by Crippen LogP contribution is 2.31. The van der Waals surface area contributed by atoms with Crippen molar-refractivity contribution in [3.05, 3.63) is 29.8 Å². The molecule has 1 aromatic carbocycles. The molecule has 23 heavy (non-hydrogen) atoms. The Labute approximate surface area is 136 Å². The van der Waals surface area contributed by atoms with Crippen molar-refractivity contribution in [2.75, 3.05) is 13.1 Å². The average molecular weight is 346 g/mol. The van der Waals surface area contributed by atoms with E-state index in [1.54, 1.807) is 0 Å². The molecule has 1 atom stereocenters. The average Bonchev–Trinajstić information content (AvgIpc) is 2.52. The third-order valence-corrected chi connectivity index (χ3v) is 6.21. The molecule has 1 aromatic rings. The molecule has 0 spiro atoms. The molecule has 130 valence electrons. The maximum absolute atomic E-state index is 13.5. The van der Waals surface area contributed by atoms with E-state index in [2.05, 4.69) is 0 Å². The number of hydrogen-bond donors (Lipinski definition) is 1. The van der Waals surface area contributed by atoms with E-state index in [9.17, 15) is 17.2 Å². The molecule has 2 rings (SSSR count). The molecule has 7 heteroatoms. The molecule has 0 saturated carbocycles. The van der Waals surface area contributed by atoms with Crippen LogP contribution in [0, 0.1) is 0 Å². The summed E-state index contributed by atoms with van der Waals surface area (Å²) in [5, 5.41) is 0. The second-order valence-electron chi connectivity index (χ2n) is 6.11. The molecule has 1 heterocycles. The standard InChI is InChI=1S/C16H24F2N2O2S/c1-16(17,18)13-6-4-9-15(12-13)23(21,22)20-11-3-2-7-14(20)8-5-10-19/h4,6,9,12,14H,2-3,5,7-8,10-11,19H2,1H3. The monoisotopic (exact) mass is 346 g/mol. The molecule has 0 aromatic heterocycles. The predicted molar refractivity (Wildman–Crippen MR) is 85.8 cm³/mol. The van der Waals surface area contributed by atoms with Crippen LogP contribution >= 0.6 is 0 Å². The zero-order chi connectivity index (χ0) is 17.1. The minimum absolute atomic E-state index is 0.0591. The zero-order valence-electron chi connectivity index (χ0n) is 13.3. The largest absolute Gasteiger partial charge is 0.330 e. The number of sulfonamides is 1. The van der Waals surface area contributed by atoms with E-state index in [-0.39, 0.29) is 16.5 Å². The van der Waals surface area contributed by atoms with Crippen LogP contribution in [-0.2, 0) is 15.9 Å². The SMILES string of the molecule is CC(F)(F)c1cccc(S(=O)(=O)N2CCCCC2CCCN)c1. The van der Waals surface area contributed by atoms with Crippen LogP contribution < -0.4 is 5.73 Å². The highest BCUT2D eigenvalue weighted by atomic mass is 32.2. The van der Waals surface area contributed by atoms with E-state index < -0.39 is 15.9 Å². The van der Waals surface area contributed by atoms with Gasteiger partial charge in [-0.25, -0.2) is 17.2 Å². The van der Waals surface area contributed by atoms with E-state index in [0.717, 1.165) is 38.7 Å². The van der Waals surface area contributed by atoms with Crippen LogP contribution in [0.1, 0.15) is 44.6 Å². The van der Waals surface area contributed by atoms with Crippen LogP contribution in [0.5, 0.6) is 0 Å². The summed E-state index contributed by atoms with van der Waals surface area (Å²) >= 11 is 0. The van der Waals surface area contributed by atoms with Gasteiger partial charge in [0.25, 0.3) is 5.92 Å². The minimum atomic E-state index is -3.77. The van der Waals surface area contributed by atoms with Crippen LogP contribution in [0.4, 0.5) is 8.78 Å². The van der Waals surface area contributed by atoms with Gasteiger partial charge in [-0.05, 0) is 44.4 Å². The van der Waals surface area contributed by atoms with E-state index in [4.69, 9.17) is 5.73 Å². The van der Waals surface area contributed by atoms with Crippen molar-refractivity contribution >= 4 is 10.0 Å². The lowest BCUT2D eigenvalue weighted by atomic mass is 10.0. The molecule has 0 radical (unpaired) electrons. The minimum Gasteiger partial charge on any atom is -0.330 e. The van der Waals surface area contributed by atoms with Gasteiger partial charge in [0.05, 0.1) is 4.90 Å². The van der Waals surface area contributed by atoms with Gasteiger partial charge in [0, 0.05) is 25.1 Å². The first-order chi connectivity index (χ1) is 10.8. The van der Waals surface area contributed by atoms with E-state index >= 15 is 0 Å². The number of benzene rings is 1. The molecule has 1 fully saturated rings. The third kappa shape index (κ3) is 4.28. The molecule has 4 nitrogen and oxygen atoms in total. The molecule has 1 aliphatic rings. The van der Waals surface area contributed by atoms with E-state index in [0.29, 0.717) is 19.5 Å². The van der Waals surface area contributed by atoms with Gasteiger partial charge in [-0.15, -0.1) is 0 Å². The summed E-state index contributed by atoms with van der Waals surface area (Å²) in [5.41, 5.74) is 5.24. The maximum Gasteiger partial charge on any atom is 0.270 e. The number of nitrogens with zero attached hydrogens (tertiary/aromatic N) is 1. The Morgan fingerprint density at radius 2 is 2.09 bits per heavy atom. The van der Waals surface area contributed by atoms with Crippen molar-refractivity contribution in [1.82, 2.24) is 4.31 Å². The smallest absolute Gasteiger partial charge is 0.270 e. The first-order valence-corrected chi connectivity index (χ1v) is 9.41. The Morgan fingerprint density at radius 1 is 1.35 bits per heavy atom. The Kier molecular flexibility index (Phi) is 5.75. The molecular formula is C16H24F2N2O2S. The number of halogens is 2. The van der Waals surface area contributed by atoms with Crippen molar-refractivity contribution in [3.63, 3.8) is 0 Å². The summed E-state index contributed by atoms with van der Waals surface area (Å²) in [4.78, 5) is -0.0591. The number of nitrogens with two attached hydrogens (primary N) is 1. The molecule has 1 aliphatic heterocycles. The van der Waals surface area contributed by atoms with Crippen molar-refractivity contribution in [2.24, 2.45) is 5.73 Å². The second-order valence-corrected chi connectivity index (χ2v) is 8.00. The van der Waals surface area contributed by atoms with Gasteiger partial charge in [-0.2, -0.15) is 4.31 Å². The summed E-state index contributed by atoms with van der Waals surface area (Å²) in [6.45, 7) is 1.72. The van der Waals surface area contributed by atoms with E-state index in [1.807, 2.05) is 0 Å². The fourth-order valence-corrected chi connectivity index (χ4v) is 4.77. The second kappa shape index (κ2) is 7.23. The molecule has 1 unspecified atom stereocenters. The molecule has 2 N–H and O–H groups in total. The maximum atomic E-state index is 13.5. The zero-order valence-corrected chi connectivity index (χ0v) is 14.2. The van der Waals surface area contributed by atoms with Gasteiger partial charge in [0.2, 0.25) is 10.0 Å². The Bertz CT molecular complexity index is 629. The Balaban J connectivity index is 2.32. The van der Waals surface area contributed by atoms with Crippen molar-refractivity contribution in [1.29, 1.82) is 0 Å². The fraction of sp³-hybridized carbons (Fsp3) is 0.625. The summed E-state index contributed by atoms with van der Waals surface area (Å²) < 4.78 is 54.2. The molecular weight excluding hydrogens is 322 g/mol. The lowest BCUT2D eigenvalue weighted by molar-refractivity contribution is 0.0172. The highest BCUT2D eigenvalue weighted by molar-refractivity contribution is 7.89. The summed E-state index contributed by atoms with van der Waals surface area (Å²) in [7, 11) is -3.77. The van der Waals surface area contributed by atoms with Crippen molar-refractivity contribution in [3.8, 4) is 0 Å². The van der Waals surface area contributed by atoms with Crippen LogP contribution in [0.3, 0.4) is 0 Å². The van der Waals surface area contributed by atoms with Gasteiger partial charge in [-0.3, -0.25) is 0 Å². The van der Waals surface area contributed by atoms with E-state index in [1.165, 1.54) is 22.5 Å².